The van der Waals surface area contributed by atoms with Crippen molar-refractivity contribution in [1.29, 1.82) is 0 Å². The summed E-state index contributed by atoms with van der Waals surface area (Å²) in [7, 11) is -1.87. The predicted octanol–water partition coefficient (Wildman–Crippen LogP) is 5.24. The summed E-state index contributed by atoms with van der Waals surface area (Å²) in [6, 6.07) is 12.6. The van der Waals surface area contributed by atoms with Crippen LogP contribution < -0.4 is 5.32 Å². The molecule has 2 aromatic carbocycles. The smallest absolute Gasteiger partial charge is 0.241 e. The lowest BCUT2D eigenvalue weighted by Gasteiger charge is -2.16. The molecule has 0 saturated carbocycles. The third kappa shape index (κ3) is 2.80. The maximum absolute atomic E-state index is 13.1. The minimum Gasteiger partial charge on any atom is -0.386 e. The fourth-order valence-corrected chi connectivity index (χ4v) is 4.56. The number of fused-ring (bicyclic) bond motifs is 1. The first-order valence-corrected chi connectivity index (χ1v) is 10.1. The van der Waals surface area contributed by atoms with E-state index < -0.39 is 15.3 Å². The Hall–Kier alpha value is -1.69. The van der Waals surface area contributed by atoms with Gasteiger partial charge in [-0.3, -0.25) is 0 Å². The monoisotopic (exact) mass is 396 g/mol. The molecule has 0 saturated heterocycles. The van der Waals surface area contributed by atoms with E-state index in [9.17, 15) is 8.42 Å². The second kappa shape index (κ2) is 6.56. The molecule has 0 unspecified atom stereocenters. The maximum Gasteiger partial charge on any atom is 0.241 e. The van der Waals surface area contributed by atoms with Gasteiger partial charge in [0, 0.05) is 18.0 Å². The Bertz CT molecular complexity index is 1060. The normalized spacial score (nSPS) is 12.1. The Balaban J connectivity index is 2.56. The highest BCUT2D eigenvalue weighted by molar-refractivity contribution is 7.90. The van der Waals surface area contributed by atoms with Crippen LogP contribution in [0.25, 0.3) is 22.2 Å². The second-order valence-electron chi connectivity index (χ2n) is 5.95. The molecule has 3 rings (SSSR count). The third-order valence-corrected chi connectivity index (χ3v) is 7.04. The maximum atomic E-state index is 13.1. The van der Waals surface area contributed by atoms with Crippen LogP contribution in [-0.2, 0) is 10.0 Å². The zero-order chi connectivity index (χ0) is 18.4. The van der Waals surface area contributed by atoms with Gasteiger partial charge < -0.3 is 5.32 Å². The van der Waals surface area contributed by atoms with Crippen molar-refractivity contribution in [1.82, 2.24) is 3.97 Å². The van der Waals surface area contributed by atoms with Crippen molar-refractivity contribution < 1.29 is 8.42 Å². The predicted molar refractivity (Wildman–Crippen MR) is 106 cm³/mol. The van der Waals surface area contributed by atoms with Gasteiger partial charge in [-0.05, 0) is 26.0 Å². The van der Waals surface area contributed by atoms with E-state index in [-0.39, 0.29) is 0 Å². The molecule has 0 amide bonds. The molecule has 132 valence electrons. The van der Waals surface area contributed by atoms with Gasteiger partial charge in [0.2, 0.25) is 10.0 Å². The fraction of sp³-hybridized carbons (Fsp3) is 0.222. The number of hydrogen-bond acceptors (Lipinski definition) is 3. The topological polar surface area (TPSA) is 51.1 Å². The molecule has 0 aliphatic carbocycles. The molecule has 3 aromatic rings. The molecular weight excluding hydrogens is 379 g/mol. The van der Waals surface area contributed by atoms with E-state index in [4.69, 9.17) is 23.2 Å². The van der Waals surface area contributed by atoms with Gasteiger partial charge in [0.25, 0.3) is 0 Å². The van der Waals surface area contributed by atoms with Gasteiger partial charge in [0.05, 0.1) is 32.2 Å². The summed E-state index contributed by atoms with van der Waals surface area (Å²) in [6.45, 7) is 3.32. The highest BCUT2D eigenvalue weighted by Crippen LogP contribution is 2.43. The molecule has 4 nitrogen and oxygen atoms in total. The lowest BCUT2D eigenvalue weighted by atomic mass is 10.1. The summed E-state index contributed by atoms with van der Waals surface area (Å²) < 4.78 is 27.6. The number of nitrogens with zero attached hydrogens (tertiary/aromatic N) is 1. The first-order valence-electron chi connectivity index (χ1n) is 7.80. The number of anilines is 1. The summed E-state index contributed by atoms with van der Waals surface area (Å²) in [6.07, 6.45) is 0. The van der Waals surface area contributed by atoms with Gasteiger partial charge in [-0.25, -0.2) is 12.4 Å². The summed E-state index contributed by atoms with van der Waals surface area (Å²) in [5.41, 5.74) is 2.36. The van der Waals surface area contributed by atoms with Gasteiger partial charge in [0.1, 0.15) is 0 Å². The molecule has 1 aromatic heterocycles. The van der Waals surface area contributed by atoms with Crippen LogP contribution in [0.5, 0.6) is 0 Å². The molecule has 1 heterocycles. The van der Waals surface area contributed by atoms with Crippen LogP contribution in [0.4, 0.5) is 5.69 Å². The molecule has 0 radical (unpaired) electrons. The molecule has 0 aliphatic heterocycles. The quantitative estimate of drug-likeness (QED) is 0.655. The number of halogens is 2. The summed E-state index contributed by atoms with van der Waals surface area (Å²) >= 11 is 12.6. The highest BCUT2D eigenvalue weighted by Gasteiger charge is 2.29. The van der Waals surface area contributed by atoms with Crippen molar-refractivity contribution in [3.05, 3.63) is 52.5 Å². The highest BCUT2D eigenvalue weighted by atomic mass is 35.5. The molecule has 0 fully saturated rings. The van der Waals surface area contributed by atoms with Crippen LogP contribution >= 0.6 is 23.2 Å². The zero-order valence-corrected chi connectivity index (χ0v) is 16.4. The minimum absolute atomic E-state index is 0.323. The third-order valence-electron chi connectivity index (χ3n) is 4.14. The molecule has 0 atom stereocenters. The van der Waals surface area contributed by atoms with Crippen molar-refractivity contribution in [3.63, 3.8) is 0 Å². The van der Waals surface area contributed by atoms with Gasteiger partial charge in [-0.15, -0.1) is 0 Å². The van der Waals surface area contributed by atoms with E-state index in [1.54, 1.807) is 45.2 Å². The molecular formula is C18H18Cl2N2O2S. The number of para-hydroxylation sites is 1. The zero-order valence-electron chi connectivity index (χ0n) is 14.0. The molecule has 1 N–H and O–H groups in total. The standard InChI is InChI=1S/C18H18Cl2N2O2S/c1-11(2)25(23,24)22-15-10-5-4-7-12(15)17(21-3)18(22)13-8-6-9-14(19)16(13)20/h4-11,21H,1-3H3. The van der Waals surface area contributed by atoms with Crippen LogP contribution in [0.15, 0.2) is 42.5 Å². The van der Waals surface area contributed by atoms with Gasteiger partial charge in [0.15, 0.2) is 0 Å². The van der Waals surface area contributed by atoms with Crippen molar-refractivity contribution in [2.24, 2.45) is 0 Å². The van der Waals surface area contributed by atoms with Crippen LogP contribution in [-0.4, -0.2) is 24.7 Å². The van der Waals surface area contributed by atoms with Crippen molar-refractivity contribution in [2.45, 2.75) is 19.1 Å². The van der Waals surface area contributed by atoms with Crippen LogP contribution in [0.1, 0.15) is 13.8 Å². The van der Waals surface area contributed by atoms with Gasteiger partial charge >= 0.3 is 0 Å². The van der Waals surface area contributed by atoms with Crippen molar-refractivity contribution >= 4 is 49.8 Å². The Morgan fingerprint density at radius 3 is 2.36 bits per heavy atom. The Morgan fingerprint density at radius 2 is 1.72 bits per heavy atom. The lowest BCUT2D eigenvalue weighted by Crippen LogP contribution is -2.23. The Morgan fingerprint density at radius 1 is 1.04 bits per heavy atom. The molecule has 0 bridgehead atoms. The summed E-state index contributed by atoms with van der Waals surface area (Å²) in [5, 5.41) is 4.04. The first-order chi connectivity index (χ1) is 11.8. The first kappa shape index (κ1) is 18.1. The Labute approximate surface area is 157 Å². The van der Waals surface area contributed by atoms with E-state index in [0.717, 1.165) is 5.39 Å². The fourth-order valence-electron chi connectivity index (χ4n) is 2.87. The number of benzene rings is 2. The van der Waals surface area contributed by atoms with E-state index in [0.29, 0.717) is 32.5 Å². The summed E-state index contributed by atoms with van der Waals surface area (Å²) in [4.78, 5) is 0. The molecule has 0 spiro atoms. The lowest BCUT2D eigenvalue weighted by molar-refractivity contribution is 0.580. The van der Waals surface area contributed by atoms with E-state index >= 15 is 0 Å². The minimum atomic E-state index is -3.63. The van der Waals surface area contributed by atoms with Gasteiger partial charge in [-0.2, -0.15) is 0 Å². The number of nitrogens with one attached hydrogen (secondary N) is 1. The van der Waals surface area contributed by atoms with Gasteiger partial charge in [-0.1, -0.05) is 53.5 Å². The average Bonchev–Trinajstić information content (AvgIpc) is 2.91. The van der Waals surface area contributed by atoms with Crippen LogP contribution in [0.3, 0.4) is 0 Å². The van der Waals surface area contributed by atoms with E-state index in [1.807, 2.05) is 18.2 Å². The van der Waals surface area contributed by atoms with E-state index in [1.165, 1.54) is 3.97 Å². The number of aromatic nitrogens is 1. The number of rotatable bonds is 4. The Kier molecular flexibility index (Phi) is 4.75. The molecule has 0 aliphatic rings. The van der Waals surface area contributed by atoms with Crippen molar-refractivity contribution in [3.8, 4) is 11.3 Å². The van der Waals surface area contributed by atoms with Crippen LogP contribution in [0.2, 0.25) is 10.0 Å². The average molecular weight is 397 g/mol. The second-order valence-corrected chi connectivity index (χ2v) is 9.07. The largest absolute Gasteiger partial charge is 0.386 e. The summed E-state index contributed by atoms with van der Waals surface area (Å²) in [5.74, 6) is 0. The number of hydrogen-bond donors (Lipinski definition) is 1. The molecule has 7 heteroatoms. The van der Waals surface area contributed by atoms with E-state index in [2.05, 4.69) is 5.32 Å². The molecule has 25 heavy (non-hydrogen) atoms. The van der Waals surface area contributed by atoms with Crippen LogP contribution in [0, 0.1) is 0 Å². The van der Waals surface area contributed by atoms with Crippen molar-refractivity contribution in [2.75, 3.05) is 12.4 Å². The SMILES string of the molecule is CNc1c(-c2cccc(Cl)c2Cl)n(S(=O)(=O)C(C)C)c2ccccc12.